The van der Waals surface area contributed by atoms with Crippen LogP contribution >= 0.6 is 0 Å². The summed E-state index contributed by atoms with van der Waals surface area (Å²) in [5.74, 6) is 0.615. The Morgan fingerprint density at radius 1 is 1.73 bits per heavy atom. The Morgan fingerprint density at radius 2 is 2.36 bits per heavy atom. The van der Waals surface area contributed by atoms with Gasteiger partial charge in [-0.1, -0.05) is 19.4 Å². The molecule has 11 heavy (non-hydrogen) atoms. The van der Waals surface area contributed by atoms with E-state index >= 15 is 0 Å². The standard InChI is InChI=1S/C8H13NOS/c1-3-5-6-11(10)8(4-2)7-9/h4H,3,5-6H2,1-2H3. The van der Waals surface area contributed by atoms with Gasteiger partial charge in [0, 0.05) is 5.75 Å². The van der Waals surface area contributed by atoms with Gasteiger partial charge in [-0.2, -0.15) is 5.26 Å². The molecular formula is C8H13NOS. The van der Waals surface area contributed by atoms with Crippen molar-refractivity contribution < 1.29 is 4.21 Å². The molecule has 0 fully saturated rings. The molecule has 0 aromatic carbocycles. The van der Waals surface area contributed by atoms with Crippen LogP contribution in [0.2, 0.25) is 0 Å². The van der Waals surface area contributed by atoms with Gasteiger partial charge in [-0.05, 0) is 13.3 Å². The molecule has 0 aliphatic carbocycles. The van der Waals surface area contributed by atoms with Gasteiger partial charge >= 0.3 is 0 Å². The van der Waals surface area contributed by atoms with Crippen molar-refractivity contribution in [3.05, 3.63) is 11.0 Å². The van der Waals surface area contributed by atoms with Gasteiger partial charge in [0.1, 0.15) is 11.0 Å². The fraction of sp³-hybridized carbons (Fsp3) is 0.625. The Bertz CT molecular complexity index is 203. The Labute approximate surface area is 70.4 Å². The third-order valence-electron chi connectivity index (χ3n) is 1.30. The van der Waals surface area contributed by atoms with Gasteiger partial charge < -0.3 is 0 Å². The summed E-state index contributed by atoms with van der Waals surface area (Å²) in [5, 5.41) is 8.48. The number of rotatable bonds is 4. The molecule has 1 unspecified atom stereocenters. The van der Waals surface area contributed by atoms with Gasteiger partial charge in [0.05, 0.1) is 10.8 Å². The molecule has 0 rings (SSSR count). The lowest BCUT2D eigenvalue weighted by Crippen LogP contribution is -1.98. The van der Waals surface area contributed by atoms with Crippen molar-refractivity contribution in [2.75, 3.05) is 5.75 Å². The number of allylic oxidation sites excluding steroid dienone is 2. The van der Waals surface area contributed by atoms with Crippen molar-refractivity contribution in [3.63, 3.8) is 0 Å². The molecule has 1 atom stereocenters. The normalized spacial score (nSPS) is 14.1. The van der Waals surface area contributed by atoms with E-state index in [1.54, 1.807) is 13.0 Å². The van der Waals surface area contributed by atoms with E-state index in [-0.39, 0.29) is 0 Å². The van der Waals surface area contributed by atoms with E-state index in [0.717, 1.165) is 12.8 Å². The summed E-state index contributed by atoms with van der Waals surface area (Å²) in [5.41, 5.74) is 0. The van der Waals surface area contributed by atoms with Gasteiger partial charge in [0.15, 0.2) is 0 Å². The average Bonchev–Trinajstić information content (AvgIpc) is 2.03. The molecule has 0 saturated carbocycles. The third-order valence-corrected chi connectivity index (χ3v) is 2.78. The van der Waals surface area contributed by atoms with E-state index in [2.05, 4.69) is 0 Å². The highest BCUT2D eigenvalue weighted by Crippen LogP contribution is 2.02. The lowest BCUT2D eigenvalue weighted by Gasteiger charge is -1.96. The van der Waals surface area contributed by atoms with E-state index in [9.17, 15) is 4.21 Å². The molecule has 0 bridgehead atoms. The zero-order chi connectivity index (χ0) is 8.69. The fourth-order valence-electron chi connectivity index (χ4n) is 0.632. The highest BCUT2D eigenvalue weighted by atomic mass is 32.2. The van der Waals surface area contributed by atoms with Gasteiger partial charge in [0.2, 0.25) is 0 Å². The Balaban J connectivity index is 3.94. The SMILES string of the molecule is CC=C(C#N)S(=O)CCCC. The molecule has 0 aliphatic heterocycles. The molecule has 0 heterocycles. The molecule has 0 amide bonds. The van der Waals surface area contributed by atoms with Crippen LogP contribution in [0.3, 0.4) is 0 Å². The average molecular weight is 171 g/mol. The van der Waals surface area contributed by atoms with E-state index < -0.39 is 10.8 Å². The van der Waals surface area contributed by atoms with Crippen molar-refractivity contribution in [2.45, 2.75) is 26.7 Å². The lowest BCUT2D eigenvalue weighted by atomic mass is 10.4. The third kappa shape index (κ3) is 3.94. The Hall–Kier alpha value is -0.620. The molecule has 0 spiro atoms. The zero-order valence-electron chi connectivity index (χ0n) is 6.96. The van der Waals surface area contributed by atoms with Crippen molar-refractivity contribution in [1.82, 2.24) is 0 Å². The first-order valence-corrected chi connectivity index (χ1v) is 5.03. The van der Waals surface area contributed by atoms with Crippen LogP contribution in [-0.2, 0) is 10.8 Å². The highest BCUT2D eigenvalue weighted by molar-refractivity contribution is 7.89. The first kappa shape index (κ1) is 10.4. The molecule has 0 radical (unpaired) electrons. The summed E-state index contributed by atoms with van der Waals surface area (Å²) in [6, 6.07) is 1.92. The van der Waals surface area contributed by atoms with E-state index in [0.29, 0.717) is 10.7 Å². The molecule has 0 N–H and O–H groups in total. The first-order chi connectivity index (χ1) is 5.26. The number of nitrogens with zero attached hydrogens (tertiary/aromatic N) is 1. The van der Waals surface area contributed by atoms with Crippen LogP contribution in [0.25, 0.3) is 0 Å². The second-order valence-corrected chi connectivity index (χ2v) is 3.71. The van der Waals surface area contributed by atoms with Crippen LogP contribution < -0.4 is 0 Å². The van der Waals surface area contributed by atoms with Crippen LogP contribution in [0.4, 0.5) is 0 Å². The van der Waals surface area contributed by atoms with Gasteiger partial charge in [-0.3, -0.25) is 4.21 Å². The largest absolute Gasteiger partial charge is 0.254 e. The Kier molecular flexibility index (Phi) is 5.77. The summed E-state index contributed by atoms with van der Waals surface area (Å²) < 4.78 is 11.2. The number of nitriles is 1. The van der Waals surface area contributed by atoms with Crippen molar-refractivity contribution >= 4 is 10.8 Å². The summed E-state index contributed by atoms with van der Waals surface area (Å²) in [7, 11) is -1.06. The second-order valence-electron chi connectivity index (χ2n) is 2.17. The molecule has 2 nitrogen and oxygen atoms in total. The predicted molar refractivity (Wildman–Crippen MR) is 47.3 cm³/mol. The molecular weight excluding hydrogens is 158 g/mol. The second kappa shape index (κ2) is 6.11. The number of hydrogen-bond donors (Lipinski definition) is 0. The predicted octanol–water partition coefficient (Wildman–Crippen LogP) is 1.96. The maximum atomic E-state index is 11.2. The molecule has 0 aromatic heterocycles. The molecule has 0 aromatic rings. The number of hydrogen-bond acceptors (Lipinski definition) is 2. The fourth-order valence-corrected chi connectivity index (χ4v) is 1.77. The summed E-state index contributed by atoms with van der Waals surface area (Å²) in [6.07, 6.45) is 3.56. The van der Waals surface area contributed by atoms with Crippen LogP contribution in [0.5, 0.6) is 0 Å². The maximum absolute atomic E-state index is 11.2. The van der Waals surface area contributed by atoms with E-state index in [1.165, 1.54) is 0 Å². The number of unbranched alkanes of at least 4 members (excludes halogenated alkanes) is 1. The minimum Gasteiger partial charge on any atom is -0.254 e. The summed E-state index contributed by atoms with van der Waals surface area (Å²) in [4.78, 5) is 0.401. The molecule has 62 valence electrons. The maximum Gasteiger partial charge on any atom is 0.112 e. The van der Waals surface area contributed by atoms with Gasteiger partial charge in [0.25, 0.3) is 0 Å². The van der Waals surface area contributed by atoms with Crippen molar-refractivity contribution in [1.29, 1.82) is 5.26 Å². The summed E-state index contributed by atoms with van der Waals surface area (Å²) >= 11 is 0. The van der Waals surface area contributed by atoms with Crippen LogP contribution in [-0.4, -0.2) is 9.96 Å². The molecule has 0 aliphatic rings. The monoisotopic (exact) mass is 171 g/mol. The van der Waals surface area contributed by atoms with Gasteiger partial charge in [-0.15, -0.1) is 0 Å². The zero-order valence-corrected chi connectivity index (χ0v) is 7.78. The highest BCUT2D eigenvalue weighted by Gasteiger charge is 2.03. The Morgan fingerprint density at radius 3 is 2.73 bits per heavy atom. The minimum atomic E-state index is -1.06. The quantitative estimate of drug-likeness (QED) is 0.607. The minimum absolute atomic E-state index is 0.401. The van der Waals surface area contributed by atoms with Crippen molar-refractivity contribution in [3.8, 4) is 6.07 Å². The van der Waals surface area contributed by atoms with Gasteiger partial charge in [-0.25, -0.2) is 0 Å². The first-order valence-electron chi connectivity index (χ1n) is 3.71. The summed E-state index contributed by atoms with van der Waals surface area (Å²) in [6.45, 7) is 3.78. The van der Waals surface area contributed by atoms with E-state index in [4.69, 9.17) is 5.26 Å². The van der Waals surface area contributed by atoms with Crippen LogP contribution in [0.1, 0.15) is 26.7 Å². The van der Waals surface area contributed by atoms with Crippen molar-refractivity contribution in [2.24, 2.45) is 0 Å². The smallest absolute Gasteiger partial charge is 0.112 e. The molecule has 0 saturated heterocycles. The topological polar surface area (TPSA) is 40.9 Å². The molecule has 3 heteroatoms. The van der Waals surface area contributed by atoms with Crippen LogP contribution in [0, 0.1) is 11.3 Å². The lowest BCUT2D eigenvalue weighted by molar-refractivity contribution is 0.684. The van der Waals surface area contributed by atoms with Crippen LogP contribution in [0.15, 0.2) is 11.0 Å². The van der Waals surface area contributed by atoms with E-state index in [1.807, 2.05) is 13.0 Å².